The van der Waals surface area contributed by atoms with Crippen LogP contribution in [0.5, 0.6) is 0 Å². The van der Waals surface area contributed by atoms with E-state index in [9.17, 15) is 0 Å². The van der Waals surface area contributed by atoms with Crippen LogP contribution in [0, 0.1) is 13.8 Å². The minimum Gasteiger partial charge on any atom is -0.345 e. The number of hydrogen-bond acceptors (Lipinski definition) is 2. The zero-order valence-electron chi connectivity index (χ0n) is 27.1. The van der Waals surface area contributed by atoms with E-state index in [-0.39, 0.29) is 19.5 Å². The number of hydrogen-bond donors (Lipinski definition) is 0. The second-order valence-corrected chi connectivity index (χ2v) is 14.1. The quantitative estimate of drug-likeness (QED) is 0.197. The molecule has 0 N–H and O–H groups in total. The molecule has 0 spiro atoms. The zero-order chi connectivity index (χ0) is 30.9. The van der Waals surface area contributed by atoms with Crippen LogP contribution < -0.4 is 47.3 Å². The van der Waals surface area contributed by atoms with Crippen LogP contribution in [0.1, 0.15) is 42.4 Å². The van der Waals surface area contributed by atoms with Gasteiger partial charge in [0.1, 0.15) is 5.59 Å². The molecule has 11 rings (SSSR count). The monoisotopic (exact) mass is 591 g/mol. The molecule has 0 saturated heterocycles. The van der Waals surface area contributed by atoms with Gasteiger partial charge in [-0.1, -0.05) is 60.7 Å². The summed E-state index contributed by atoms with van der Waals surface area (Å²) in [7, 11) is 4.63. The number of para-hydroxylation sites is 3. The Balaban J connectivity index is 1.43. The molecule has 1 unspecified atom stereocenters. The highest BCUT2D eigenvalue weighted by molar-refractivity contribution is 7.02. The fourth-order valence-electron chi connectivity index (χ4n) is 10.3. The van der Waals surface area contributed by atoms with Crippen molar-refractivity contribution >= 4 is 85.6 Å². The number of nitrogens with zero attached hydrogens (tertiary/aromatic N) is 4. The molecule has 218 valence electrons. The summed E-state index contributed by atoms with van der Waals surface area (Å²) in [5.41, 5.74) is 25.1. The van der Waals surface area contributed by atoms with Crippen LogP contribution in [-0.4, -0.2) is 32.1 Å². The molecule has 7 heterocycles. The molecule has 5 aliphatic heterocycles. The molecular weight excluding hydrogens is 558 g/mol. The highest BCUT2D eigenvalue weighted by Crippen LogP contribution is 2.48. The third kappa shape index (κ3) is 2.54. The first-order chi connectivity index (χ1) is 22.4. The molecule has 4 aromatic carbocycles. The SMILES string of the molecule is CC1=C(C)C2c3c4c(c5c6c3N(C)c3ccccc3B6c3cccc6c(C)c(C)n-5c36)N(C)c3ccccc3B4c3cccc1[n+]32. The Morgan fingerprint density at radius 2 is 1.28 bits per heavy atom. The van der Waals surface area contributed by atoms with Gasteiger partial charge in [-0.2, -0.15) is 4.57 Å². The summed E-state index contributed by atoms with van der Waals surface area (Å²) >= 11 is 0. The lowest BCUT2D eigenvalue weighted by Gasteiger charge is -2.46. The van der Waals surface area contributed by atoms with Crippen molar-refractivity contribution in [3.05, 3.63) is 113 Å². The minimum absolute atomic E-state index is 0.141. The number of benzene rings is 4. The summed E-state index contributed by atoms with van der Waals surface area (Å²) in [6, 6.07) is 32.5. The third-order valence-electron chi connectivity index (χ3n) is 12.4. The summed E-state index contributed by atoms with van der Waals surface area (Å²) in [6.45, 7) is 9.65. The standard InChI is InChI=1S/C40H33B2N4/c1-21-22(2)36-33-34-39(44(6)31-18-10-8-15-27(31)42(34)32-20-12-19-29(21)46(32)36)40-35-38(33)43(5)30-17-9-7-14-26(30)41(35)28-16-11-13-25-23(3)24(4)45(40)37(25)28/h7-20,36H,1-6H3/q+1. The van der Waals surface area contributed by atoms with Gasteiger partial charge in [0, 0.05) is 70.5 Å². The van der Waals surface area contributed by atoms with Crippen molar-refractivity contribution in [3.8, 4) is 5.69 Å². The van der Waals surface area contributed by atoms with Crippen LogP contribution in [0.3, 0.4) is 0 Å². The lowest BCUT2D eigenvalue weighted by molar-refractivity contribution is -0.686. The molecule has 5 aliphatic rings. The topological polar surface area (TPSA) is 15.3 Å². The Morgan fingerprint density at radius 3 is 2.04 bits per heavy atom. The lowest BCUT2D eigenvalue weighted by Crippen LogP contribution is -2.75. The van der Waals surface area contributed by atoms with E-state index in [1.807, 2.05) is 0 Å². The molecule has 1 atom stereocenters. The smallest absolute Gasteiger partial charge is 0.330 e. The summed E-state index contributed by atoms with van der Waals surface area (Å²) in [5.74, 6) is 0. The van der Waals surface area contributed by atoms with Crippen molar-refractivity contribution in [2.24, 2.45) is 0 Å². The summed E-state index contributed by atoms with van der Waals surface area (Å²) in [4.78, 5) is 5.08. The Labute approximate surface area is 270 Å². The number of pyridine rings is 1. The van der Waals surface area contributed by atoms with E-state index < -0.39 is 0 Å². The molecule has 4 nitrogen and oxygen atoms in total. The second kappa shape index (κ2) is 8.06. The van der Waals surface area contributed by atoms with E-state index >= 15 is 0 Å². The van der Waals surface area contributed by atoms with E-state index in [1.165, 1.54) is 106 Å². The number of aromatic nitrogens is 2. The van der Waals surface area contributed by atoms with Gasteiger partial charge in [0.15, 0.2) is 0 Å². The van der Waals surface area contributed by atoms with Crippen LogP contribution in [0.4, 0.5) is 22.7 Å². The molecule has 0 aliphatic carbocycles. The van der Waals surface area contributed by atoms with Crippen LogP contribution in [-0.2, 0) is 0 Å². The van der Waals surface area contributed by atoms with Crippen molar-refractivity contribution < 1.29 is 4.57 Å². The maximum absolute atomic E-state index is 2.69. The fourth-order valence-corrected chi connectivity index (χ4v) is 10.3. The van der Waals surface area contributed by atoms with Gasteiger partial charge in [-0.25, -0.2) is 0 Å². The number of anilines is 4. The molecule has 2 aromatic heterocycles. The first-order valence-electron chi connectivity index (χ1n) is 16.6. The van der Waals surface area contributed by atoms with Gasteiger partial charge >= 0.3 is 6.71 Å². The van der Waals surface area contributed by atoms with Crippen LogP contribution >= 0.6 is 0 Å². The van der Waals surface area contributed by atoms with E-state index in [0.717, 1.165) is 0 Å². The Kier molecular flexibility index (Phi) is 4.42. The predicted octanol–water partition coefficient (Wildman–Crippen LogP) is 3.75. The van der Waals surface area contributed by atoms with Gasteiger partial charge in [-0.15, -0.1) is 0 Å². The molecular formula is C40H33B2N4+. The van der Waals surface area contributed by atoms with Gasteiger partial charge in [0.05, 0.1) is 11.4 Å². The molecule has 6 aromatic rings. The molecule has 6 heteroatoms. The largest absolute Gasteiger partial charge is 0.345 e. The molecule has 46 heavy (non-hydrogen) atoms. The van der Waals surface area contributed by atoms with E-state index in [1.54, 1.807) is 0 Å². The highest BCUT2D eigenvalue weighted by atomic mass is 15.2. The van der Waals surface area contributed by atoms with Crippen LogP contribution in [0.2, 0.25) is 0 Å². The van der Waals surface area contributed by atoms with E-state index in [0.29, 0.717) is 0 Å². The molecule has 0 amide bonds. The third-order valence-corrected chi connectivity index (χ3v) is 12.4. The minimum atomic E-state index is 0.141. The summed E-state index contributed by atoms with van der Waals surface area (Å²) < 4.78 is 5.34. The Bertz CT molecular complexity index is 2490. The number of rotatable bonds is 0. The van der Waals surface area contributed by atoms with Crippen molar-refractivity contribution in [3.63, 3.8) is 0 Å². The highest BCUT2D eigenvalue weighted by Gasteiger charge is 2.56. The Morgan fingerprint density at radius 1 is 0.630 bits per heavy atom. The zero-order valence-corrected chi connectivity index (χ0v) is 27.1. The summed E-state index contributed by atoms with van der Waals surface area (Å²) in [5, 5.41) is 1.37. The maximum Gasteiger partial charge on any atom is 0.330 e. The van der Waals surface area contributed by atoms with Crippen molar-refractivity contribution in [2.45, 2.75) is 33.7 Å². The molecule has 0 saturated carbocycles. The Hall–Kier alpha value is -4.96. The first-order valence-corrected chi connectivity index (χ1v) is 16.6. The normalized spacial score (nSPS) is 17.3. The van der Waals surface area contributed by atoms with Gasteiger partial charge in [-0.05, 0) is 78.8 Å². The number of allylic oxidation sites excluding steroid dienone is 2. The van der Waals surface area contributed by atoms with Crippen LogP contribution in [0.15, 0.2) is 90.5 Å². The maximum atomic E-state index is 2.69. The van der Waals surface area contributed by atoms with E-state index in [4.69, 9.17) is 0 Å². The van der Waals surface area contributed by atoms with Crippen molar-refractivity contribution in [1.29, 1.82) is 0 Å². The second-order valence-electron chi connectivity index (χ2n) is 14.1. The van der Waals surface area contributed by atoms with Gasteiger partial charge in [-0.3, -0.25) is 0 Å². The van der Waals surface area contributed by atoms with Crippen molar-refractivity contribution in [2.75, 3.05) is 23.9 Å². The average Bonchev–Trinajstić information content (AvgIpc) is 3.49. The summed E-state index contributed by atoms with van der Waals surface area (Å²) in [6.07, 6.45) is 0. The van der Waals surface area contributed by atoms with Gasteiger partial charge < -0.3 is 14.4 Å². The van der Waals surface area contributed by atoms with Crippen LogP contribution in [0.25, 0.3) is 22.2 Å². The average molecular weight is 591 g/mol. The van der Waals surface area contributed by atoms with E-state index in [2.05, 4.69) is 146 Å². The fraction of sp³-hybridized carbons (Fsp3) is 0.175. The van der Waals surface area contributed by atoms with Gasteiger partial charge in [0.2, 0.25) is 11.7 Å². The van der Waals surface area contributed by atoms with Crippen molar-refractivity contribution in [1.82, 2.24) is 4.57 Å². The number of fused-ring (bicyclic) bond motifs is 10. The number of aryl methyl sites for hydroxylation is 1. The predicted molar refractivity (Wildman–Crippen MR) is 194 cm³/mol. The molecule has 0 radical (unpaired) electrons. The van der Waals surface area contributed by atoms with Gasteiger partial charge in [0.25, 0.3) is 6.71 Å². The first kappa shape index (κ1) is 25.3. The lowest BCUT2D eigenvalue weighted by atomic mass is 9.30. The molecule has 0 bridgehead atoms. The molecule has 0 fully saturated rings.